The Morgan fingerprint density at radius 3 is 0.973 bits per heavy atom. The van der Waals surface area contributed by atoms with E-state index in [9.17, 15) is 79.0 Å². The van der Waals surface area contributed by atoms with Crippen LogP contribution in [0.5, 0.6) is 12.0 Å². The van der Waals surface area contributed by atoms with Gasteiger partial charge in [0.15, 0.2) is 13.2 Å². The van der Waals surface area contributed by atoms with E-state index in [1.54, 1.807) is 0 Å². The van der Waals surface area contributed by atoms with Crippen molar-refractivity contribution >= 4 is 11.6 Å². The number of nitrogens with zero attached hydrogens (tertiary/aromatic N) is 3. The first kappa shape index (κ1) is 32.7. The molecule has 0 fully saturated rings. The maximum Gasteiger partial charge on any atom is 0.460 e. The molecule has 1 heterocycles. The summed E-state index contributed by atoms with van der Waals surface area (Å²) in [6.45, 7) is -6.23. The molecule has 0 aromatic carbocycles. The molecule has 216 valence electrons. The standard InChI is InChI=1S/C13H4ClF18N3O2/c14-3-33-4(36-1-6(15,16)8(19,20)10(23,24)12(27,28)29)35-5(34-3)37-2-7(17,18)9(21,22)11(25,26)13(30,31)32/h1-2H2. The van der Waals surface area contributed by atoms with Crippen LogP contribution in [0.3, 0.4) is 0 Å². The highest BCUT2D eigenvalue weighted by Crippen LogP contribution is 2.54. The smallest absolute Gasteiger partial charge is 0.457 e. The van der Waals surface area contributed by atoms with E-state index in [1.165, 1.54) is 0 Å². The van der Waals surface area contributed by atoms with Crippen molar-refractivity contribution in [2.45, 2.75) is 47.9 Å². The first-order valence-corrected chi connectivity index (χ1v) is 8.50. The Morgan fingerprint density at radius 2 is 0.730 bits per heavy atom. The average Bonchev–Trinajstić information content (AvgIpc) is 2.68. The molecular formula is C13H4ClF18N3O2. The number of rotatable bonds is 10. The molecule has 5 nitrogen and oxygen atoms in total. The molecule has 1 rings (SSSR count). The molecule has 24 heteroatoms. The lowest BCUT2D eigenvalue weighted by molar-refractivity contribution is -0.398. The first-order valence-electron chi connectivity index (χ1n) is 8.13. The molecule has 1 aromatic rings. The fraction of sp³-hybridized carbons (Fsp3) is 0.769. The molecule has 0 saturated carbocycles. The fourth-order valence-electron chi connectivity index (χ4n) is 1.75. The third-order valence-electron chi connectivity index (χ3n) is 3.75. The van der Waals surface area contributed by atoms with E-state index in [2.05, 4.69) is 24.4 Å². The van der Waals surface area contributed by atoms with Crippen LogP contribution in [0.4, 0.5) is 79.0 Å². The Labute approximate surface area is 194 Å². The largest absolute Gasteiger partial charge is 0.460 e. The van der Waals surface area contributed by atoms with Crippen LogP contribution in [-0.2, 0) is 0 Å². The molecule has 0 aliphatic rings. The summed E-state index contributed by atoms with van der Waals surface area (Å²) in [5.74, 6) is -41.8. The van der Waals surface area contributed by atoms with E-state index in [1.807, 2.05) is 0 Å². The van der Waals surface area contributed by atoms with Crippen LogP contribution in [0.15, 0.2) is 0 Å². The van der Waals surface area contributed by atoms with Crippen molar-refractivity contribution < 1.29 is 88.5 Å². The van der Waals surface area contributed by atoms with Crippen molar-refractivity contribution in [3.63, 3.8) is 0 Å². The van der Waals surface area contributed by atoms with Gasteiger partial charge in [0.25, 0.3) is 0 Å². The number of hydrogen-bond acceptors (Lipinski definition) is 5. The highest BCUT2D eigenvalue weighted by molar-refractivity contribution is 6.28. The van der Waals surface area contributed by atoms with E-state index in [0.29, 0.717) is 0 Å². The van der Waals surface area contributed by atoms with Gasteiger partial charge in [-0.3, -0.25) is 0 Å². The third-order valence-corrected chi connectivity index (χ3v) is 3.92. The van der Waals surface area contributed by atoms with Crippen LogP contribution in [0.1, 0.15) is 0 Å². The van der Waals surface area contributed by atoms with Crippen LogP contribution in [0.2, 0.25) is 5.28 Å². The van der Waals surface area contributed by atoms with Crippen LogP contribution in [0, 0.1) is 0 Å². The van der Waals surface area contributed by atoms with E-state index < -0.39 is 78.4 Å². The highest BCUT2D eigenvalue weighted by atomic mass is 35.5. The van der Waals surface area contributed by atoms with Gasteiger partial charge >= 0.3 is 59.9 Å². The third kappa shape index (κ3) is 5.89. The van der Waals surface area contributed by atoms with Crippen molar-refractivity contribution in [3.05, 3.63) is 5.28 Å². The molecule has 0 N–H and O–H groups in total. The summed E-state index contributed by atoms with van der Waals surface area (Å²) < 4.78 is 237. The summed E-state index contributed by atoms with van der Waals surface area (Å²) in [5.41, 5.74) is 0. The quantitative estimate of drug-likeness (QED) is 0.294. The predicted octanol–water partition coefficient (Wildman–Crippen LogP) is 6.22. The van der Waals surface area contributed by atoms with Crippen LogP contribution in [0.25, 0.3) is 0 Å². The Balaban J connectivity index is 3.13. The number of aromatic nitrogens is 3. The summed E-state index contributed by atoms with van der Waals surface area (Å²) in [4.78, 5) is 7.79. The molecule has 1 aromatic heterocycles. The zero-order valence-corrected chi connectivity index (χ0v) is 17.0. The number of ether oxygens (including phenoxy) is 2. The van der Waals surface area contributed by atoms with Gasteiger partial charge in [0.2, 0.25) is 5.28 Å². The van der Waals surface area contributed by atoms with Crippen LogP contribution < -0.4 is 9.47 Å². The van der Waals surface area contributed by atoms with Crippen molar-refractivity contribution in [2.75, 3.05) is 13.2 Å². The molecule has 0 aliphatic heterocycles. The second-order valence-corrected chi connectivity index (χ2v) is 6.79. The van der Waals surface area contributed by atoms with E-state index in [4.69, 9.17) is 11.6 Å². The highest BCUT2D eigenvalue weighted by Gasteiger charge is 2.83. The minimum absolute atomic E-state index is 1.45. The van der Waals surface area contributed by atoms with Gasteiger partial charge in [-0.1, -0.05) is 0 Å². The second kappa shape index (κ2) is 9.43. The average molecular weight is 612 g/mol. The molecule has 0 unspecified atom stereocenters. The van der Waals surface area contributed by atoms with Gasteiger partial charge in [0, 0.05) is 0 Å². The minimum Gasteiger partial charge on any atom is -0.457 e. The summed E-state index contributed by atoms with van der Waals surface area (Å²) in [5, 5.41) is -1.45. The van der Waals surface area contributed by atoms with E-state index in [0.717, 1.165) is 0 Å². The van der Waals surface area contributed by atoms with Crippen LogP contribution >= 0.6 is 11.6 Å². The summed E-state index contributed by atoms with van der Waals surface area (Å²) in [6.07, 6.45) is -14.4. The van der Waals surface area contributed by atoms with Crippen molar-refractivity contribution in [1.29, 1.82) is 0 Å². The Kier molecular flexibility index (Phi) is 8.33. The zero-order chi connectivity index (χ0) is 29.7. The van der Waals surface area contributed by atoms with Crippen molar-refractivity contribution in [2.24, 2.45) is 0 Å². The topological polar surface area (TPSA) is 57.1 Å². The van der Waals surface area contributed by atoms with Gasteiger partial charge < -0.3 is 9.47 Å². The maximum absolute atomic E-state index is 13.4. The van der Waals surface area contributed by atoms with E-state index >= 15 is 0 Å². The lowest BCUT2D eigenvalue weighted by atomic mass is 10.0. The Hall–Kier alpha value is -2.36. The van der Waals surface area contributed by atoms with Gasteiger partial charge in [0.05, 0.1) is 0 Å². The van der Waals surface area contributed by atoms with Crippen molar-refractivity contribution in [1.82, 2.24) is 15.0 Å². The summed E-state index contributed by atoms with van der Waals surface area (Å²) in [6, 6.07) is -3.81. The lowest BCUT2D eigenvalue weighted by Gasteiger charge is -2.33. The molecule has 0 amide bonds. The number of halogens is 19. The lowest BCUT2D eigenvalue weighted by Crippen LogP contribution is -2.62. The van der Waals surface area contributed by atoms with Crippen molar-refractivity contribution in [3.8, 4) is 12.0 Å². The zero-order valence-electron chi connectivity index (χ0n) is 16.3. The molecule has 0 bridgehead atoms. The maximum atomic E-state index is 13.4. The molecule has 0 spiro atoms. The number of alkyl halides is 18. The first-order chi connectivity index (χ1) is 16.1. The monoisotopic (exact) mass is 611 g/mol. The molecule has 37 heavy (non-hydrogen) atoms. The fourth-order valence-corrected chi connectivity index (χ4v) is 1.90. The van der Waals surface area contributed by atoms with Gasteiger partial charge in [-0.25, -0.2) is 0 Å². The molecule has 0 atom stereocenters. The minimum atomic E-state index is -7.34. The SMILES string of the molecule is FC(F)(F)C(F)(F)C(F)(F)C(F)(F)COc1nc(Cl)nc(OCC(F)(F)C(F)(F)C(F)(F)C(F)(F)F)n1. The Bertz CT molecular complexity index is 891. The second-order valence-electron chi connectivity index (χ2n) is 6.45. The number of hydrogen-bond donors (Lipinski definition) is 0. The molecular weight excluding hydrogens is 608 g/mol. The van der Waals surface area contributed by atoms with Crippen LogP contribution in [-0.4, -0.2) is 76.1 Å². The normalized spacial score (nSPS) is 15.1. The Morgan fingerprint density at radius 1 is 0.459 bits per heavy atom. The van der Waals surface area contributed by atoms with Gasteiger partial charge in [-0.15, -0.1) is 4.98 Å². The van der Waals surface area contributed by atoms with Gasteiger partial charge in [0.1, 0.15) is 0 Å². The van der Waals surface area contributed by atoms with E-state index in [-0.39, 0.29) is 0 Å². The van der Waals surface area contributed by atoms with Gasteiger partial charge in [-0.2, -0.15) is 89.0 Å². The molecule has 0 saturated heterocycles. The molecule has 0 aliphatic carbocycles. The summed E-state index contributed by atoms with van der Waals surface area (Å²) in [7, 11) is 0. The summed E-state index contributed by atoms with van der Waals surface area (Å²) >= 11 is 5.06. The van der Waals surface area contributed by atoms with Gasteiger partial charge in [-0.05, 0) is 11.6 Å². The molecule has 0 radical (unpaired) electrons. The predicted molar refractivity (Wildman–Crippen MR) is 77.6 cm³/mol.